The van der Waals surface area contributed by atoms with Gasteiger partial charge in [0.1, 0.15) is 12.4 Å². The Labute approximate surface area is 158 Å². The molecule has 0 radical (unpaired) electrons. The second-order valence-electron chi connectivity index (χ2n) is 6.41. The maximum absolute atomic E-state index is 10.9. The first-order valence-corrected chi connectivity index (χ1v) is 8.68. The number of carboxylic acids is 1. The van der Waals surface area contributed by atoms with Crippen molar-refractivity contribution in [2.75, 3.05) is 0 Å². The van der Waals surface area contributed by atoms with Crippen LogP contribution in [0.5, 0.6) is 5.75 Å². The molecule has 0 aliphatic carbocycles. The third-order valence-electron chi connectivity index (χ3n) is 4.19. The monoisotopic (exact) mass is 359 g/mol. The average Bonchev–Trinajstić information content (AvgIpc) is 2.67. The number of hydrogen-bond donors (Lipinski definition) is 1. The predicted octanol–water partition coefficient (Wildman–Crippen LogP) is 5.33. The van der Waals surface area contributed by atoms with Gasteiger partial charge in [-0.2, -0.15) is 0 Å². The molecule has 0 bridgehead atoms. The third-order valence-corrected chi connectivity index (χ3v) is 4.19. The number of hydrogen-bond acceptors (Lipinski definition) is 3. The normalized spacial score (nSPS) is 10.9. The van der Waals surface area contributed by atoms with Crippen molar-refractivity contribution in [1.82, 2.24) is 0 Å². The Morgan fingerprint density at radius 3 is 2.33 bits per heavy atom. The minimum absolute atomic E-state index is 0.270. The molecule has 0 atom stereocenters. The SMILES string of the molecule is Cc1ccc(N=Cc2ccc(OCc3ccc(C(=O)O)cc3)cc2)c(C)c1. The van der Waals surface area contributed by atoms with E-state index in [2.05, 4.69) is 31.0 Å². The van der Waals surface area contributed by atoms with E-state index in [9.17, 15) is 4.79 Å². The number of rotatable bonds is 6. The van der Waals surface area contributed by atoms with Crippen molar-refractivity contribution in [1.29, 1.82) is 0 Å². The van der Waals surface area contributed by atoms with Crippen LogP contribution in [-0.2, 0) is 6.61 Å². The van der Waals surface area contributed by atoms with Crippen molar-refractivity contribution in [2.45, 2.75) is 20.5 Å². The molecule has 4 heteroatoms. The van der Waals surface area contributed by atoms with Crippen LogP contribution in [0.15, 0.2) is 71.7 Å². The van der Waals surface area contributed by atoms with Gasteiger partial charge in [0.15, 0.2) is 0 Å². The number of ether oxygens (including phenoxy) is 1. The molecule has 0 aliphatic heterocycles. The lowest BCUT2D eigenvalue weighted by molar-refractivity contribution is 0.0697. The van der Waals surface area contributed by atoms with Crippen LogP contribution in [-0.4, -0.2) is 17.3 Å². The zero-order chi connectivity index (χ0) is 19.2. The van der Waals surface area contributed by atoms with E-state index in [0.29, 0.717) is 6.61 Å². The van der Waals surface area contributed by atoms with Gasteiger partial charge in [-0.25, -0.2) is 4.79 Å². The van der Waals surface area contributed by atoms with Gasteiger partial charge in [0.2, 0.25) is 0 Å². The molecule has 0 aromatic heterocycles. The van der Waals surface area contributed by atoms with Crippen molar-refractivity contribution in [3.63, 3.8) is 0 Å². The number of aryl methyl sites for hydroxylation is 2. The summed E-state index contributed by atoms with van der Waals surface area (Å²) >= 11 is 0. The minimum Gasteiger partial charge on any atom is -0.489 e. The Balaban J connectivity index is 1.59. The largest absolute Gasteiger partial charge is 0.489 e. The van der Waals surface area contributed by atoms with Crippen LogP contribution in [0.2, 0.25) is 0 Å². The fourth-order valence-electron chi connectivity index (χ4n) is 2.65. The summed E-state index contributed by atoms with van der Waals surface area (Å²) < 4.78 is 5.75. The molecule has 27 heavy (non-hydrogen) atoms. The van der Waals surface area contributed by atoms with E-state index in [1.165, 1.54) is 5.56 Å². The number of aliphatic imine (C=N–C) groups is 1. The van der Waals surface area contributed by atoms with E-state index in [-0.39, 0.29) is 5.56 Å². The molecule has 3 aromatic carbocycles. The Morgan fingerprint density at radius 2 is 1.70 bits per heavy atom. The molecule has 0 saturated carbocycles. The van der Waals surface area contributed by atoms with Gasteiger partial charge in [-0.1, -0.05) is 29.8 Å². The average molecular weight is 359 g/mol. The Morgan fingerprint density at radius 1 is 1.00 bits per heavy atom. The van der Waals surface area contributed by atoms with Crippen LogP contribution in [0.25, 0.3) is 0 Å². The van der Waals surface area contributed by atoms with Crippen molar-refractivity contribution < 1.29 is 14.6 Å². The highest BCUT2D eigenvalue weighted by atomic mass is 16.5. The van der Waals surface area contributed by atoms with Gasteiger partial charge in [0.25, 0.3) is 0 Å². The number of nitrogens with zero attached hydrogens (tertiary/aromatic N) is 1. The molecule has 0 fully saturated rings. The summed E-state index contributed by atoms with van der Waals surface area (Å²) in [7, 11) is 0. The zero-order valence-electron chi connectivity index (χ0n) is 15.3. The van der Waals surface area contributed by atoms with Crippen LogP contribution < -0.4 is 4.74 Å². The molecule has 4 nitrogen and oxygen atoms in total. The maximum atomic E-state index is 10.9. The van der Waals surface area contributed by atoms with E-state index in [0.717, 1.165) is 28.1 Å². The molecule has 0 unspecified atom stereocenters. The Bertz CT molecular complexity index is 958. The lowest BCUT2D eigenvalue weighted by Crippen LogP contribution is -1.99. The molecule has 0 aliphatic rings. The first-order valence-electron chi connectivity index (χ1n) is 8.68. The van der Waals surface area contributed by atoms with Gasteiger partial charge >= 0.3 is 5.97 Å². The predicted molar refractivity (Wildman–Crippen MR) is 107 cm³/mol. The molecule has 0 heterocycles. The van der Waals surface area contributed by atoms with Crippen LogP contribution in [0, 0.1) is 13.8 Å². The van der Waals surface area contributed by atoms with E-state index in [1.807, 2.05) is 36.5 Å². The molecule has 0 saturated heterocycles. The van der Waals surface area contributed by atoms with E-state index in [4.69, 9.17) is 9.84 Å². The molecular formula is C23H21NO3. The fourth-order valence-corrected chi connectivity index (χ4v) is 2.65. The highest BCUT2D eigenvalue weighted by Gasteiger charge is 2.02. The number of aromatic carboxylic acids is 1. The second-order valence-corrected chi connectivity index (χ2v) is 6.41. The Hall–Kier alpha value is -3.40. The van der Waals surface area contributed by atoms with Crippen LogP contribution in [0.4, 0.5) is 5.69 Å². The quantitative estimate of drug-likeness (QED) is 0.605. The van der Waals surface area contributed by atoms with E-state index >= 15 is 0 Å². The van der Waals surface area contributed by atoms with Gasteiger partial charge < -0.3 is 9.84 Å². The molecule has 3 aromatic rings. The van der Waals surface area contributed by atoms with Gasteiger partial charge in [0.05, 0.1) is 11.3 Å². The first-order chi connectivity index (χ1) is 13.0. The number of carboxylic acid groups (broad SMARTS) is 1. The van der Waals surface area contributed by atoms with Crippen molar-refractivity contribution >= 4 is 17.9 Å². The zero-order valence-corrected chi connectivity index (χ0v) is 15.3. The lowest BCUT2D eigenvalue weighted by Gasteiger charge is -2.07. The molecule has 0 spiro atoms. The van der Waals surface area contributed by atoms with Crippen LogP contribution in [0.1, 0.15) is 32.6 Å². The van der Waals surface area contributed by atoms with Gasteiger partial charge in [-0.05, 0) is 73.0 Å². The maximum Gasteiger partial charge on any atom is 0.335 e. The second kappa shape index (κ2) is 8.32. The topological polar surface area (TPSA) is 58.9 Å². The summed E-state index contributed by atoms with van der Waals surface area (Å²) in [5.74, 6) is -0.179. The first kappa shape index (κ1) is 18.4. The van der Waals surface area contributed by atoms with Crippen LogP contribution >= 0.6 is 0 Å². The summed E-state index contributed by atoms with van der Waals surface area (Å²) in [6.45, 7) is 4.51. The molecular weight excluding hydrogens is 338 g/mol. The summed E-state index contributed by atoms with van der Waals surface area (Å²) in [6, 6.07) is 20.6. The van der Waals surface area contributed by atoms with Gasteiger partial charge in [-0.15, -0.1) is 0 Å². The Kier molecular flexibility index (Phi) is 5.67. The summed E-state index contributed by atoms with van der Waals surface area (Å²) in [4.78, 5) is 15.4. The number of benzene rings is 3. The van der Waals surface area contributed by atoms with Gasteiger partial charge in [0, 0.05) is 6.21 Å². The number of carbonyl (C=O) groups is 1. The molecule has 1 N–H and O–H groups in total. The van der Waals surface area contributed by atoms with Crippen molar-refractivity contribution in [2.24, 2.45) is 4.99 Å². The summed E-state index contributed by atoms with van der Waals surface area (Å²) in [5, 5.41) is 8.91. The lowest BCUT2D eigenvalue weighted by atomic mass is 10.1. The molecule has 3 rings (SSSR count). The highest BCUT2D eigenvalue weighted by molar-refractivity contribution is 5.87. The summed E-state index contributed by atoms with van der Waals surface area (Å²) in [5.41, 5.74) is 5.52. The fraction of sp³-hybridized carbons (Fsp3) is 0.130. The van der Waals surface area contributed by atoms with Gasteiger partial charge in [-0.3, -0.25) is 4.99 Å². The van der Waals surface area contributed by atoms with Crippen molar-refractivity contribution in [3.05, 3.63) is 94.5 Å². The highest BCUT2D eigenvalue weighted by Crippen LogP contribution is 2.20. The standard InChI is InChI=1S/C23H21NO3/c1-16-3-12-22(17(2)13-16)24-14-18-6-10-21(11-7-18)27-15-19-4-8-20(9-5-19)23(25)26/h3-14H,15H2,1-2H3,(H,25,26). The third kappa shape index (κ3) is 5.05. The minimum atomic E-state index is -0.930. The summed E-state index contributed by atoms with van der Waals surface area (Å²) in [6.07, 6.45) is 1.84. The van der Waals surface area contributed by atoms with E-state index in [1.54, 1.807) is 24.3 Å². The van der Waals surface area contributed by atoms with E-state index < -0.39 is 5.97 Å². The molecule has 0 amide bonds. The van der Waals surface area contributed by atoms with Crippen molar-refractivity contribution in [3.8, 4) is 5.75 Å². The van der Waals surface area contributed by atoms with Crippen LogP contribution in [0.3, 0.4) is 0 Å². The molecule has 136 valence electrons. The smallest absolute Gasteiger partial charge is 0.335 e.